The molecule has 0 bridgehead atoms. The molecule has 0 amide bonds. The van der Waals surface area contributed by atoms with E-state index in [0.29, 0.717) is 6.04 Å². The zero-order valence-electron chi connectivity index (χ0n) is 11.3. The quantitative estimate of drug-likeness (QED) is 0.606. The second-order valence-electron chi connectivity index (χ2n) is 4.67. The molecule has 0 aliphatic rings. The second kappa shape index (κ2) is 7.25. The van der Waals surface area contributed by atoms with Crippen LogP contribution in [-0.4, -0.2) is 12.6 Å². The number of hydrogen-bond acceptors (Lipinski definition) is 2. The van der Waals surface area contributed by atoms with Crippen LogP contribution >= 0.6 is 47.8 Å². The maximum absolute atomic E-state index is 5.97. The molecule has 0 aliphatic heterocycles. The average molecular weight is 466 g/mol. The van der Waals surface area contributed by atoms with Gasteiger partial charge in [-0.25, -0.2) is 0 Å². The Morgan fingerprint density at radius 1 is 1.15 bits per heavy atom. The molecule has 1 atom stereocenters. The Morgan fingerprint density at radius 2 is 1.80 bits per heavy atom. The Balaban J connectivity index is 2.25. The first-order valence-corrected chi connectivity index (χ1v) is 8.86. The number of furan rings is 1. The zero-order chi connectivity index (χ0) is 14.7. The number of hydrogen-bond donors (Lipinski definition) is 1. The Hall–Kier alpha value is -0.100. The fourth-order valence-corrected chi connectivity index (χ4v) is 4.77. The van der Waals surface area contributed by atoms with Crippen LogP contribution in [0.5, 0.6) is 0 Å². The van der Waals surface area contributed by atoms with Crippen molar-refractivity contribution in [3.63, 3.8) is 0 Å². The number of halogens is 3. The van der Waals surface area contributed by atoms with Crippen LogP contribution < -0.4 is 5.32 Å². The molecule has 108 valence electrons. The molecular weight excluding hydrogens is 450 g/mol. The summed E-state index contributed by atoms with van der Waals surface area (Å²) in [6.45, 7) is 5.25. The number of nitrogens with one attached hydrogen (secondary N) is 1. The van der Waals surface area contributed by atoms with Crippen LogP contribution in [0.25, 0.3) is 11.3 Å². The Labute approximate surface area is 144 Å². The van der Waals surface area contributed by atoms with Gasteiger partial charge in [0.1, 0.15) is 11.5 Å². The minimum atomic E-state index is 0.413. The van der Waals surface area contributed by atoms with Crippen LogP contribution in [0.3, 0.4) is 0 Å². The third-order valence-corrected chi connectivity index (χ3v) is 4.68. The van der Waals surface area contributed by atoms with Crippen molar-refractivity contribution in [2.45, 2.75) is 26.3 Å². The van der Waals surface area contributed by atoms with Gasteiger partial charge in [0.05, 0.1) is 0 Å². The number of rotatable bonds is 5. The van der Waals surface area contributed by atoms with E-state index >= 15 is 0 Å². The molecule has 0 saturated heterocycles. The molecule has 2 nitrogen and oxygen atoms in total. The maximum Gasteiger partial charge on any atom is 0.136 e. The lowest BCUT2D eigenvalue weighted by molar-refractivity contribution is 0.470. The molecule has 2 rings (SSSR count). The van der Waals surface area contributed by atoms with E-state index in [4.69, 9.17) is 4.42 Å². The second-order valence-corrected chi connectivity index (χ2v) is 7.30. The van der Waals surface area contributed by atoms with Gasteiger partial charge in [-0.1, -0.05) is 22.9 Å². The van der Waals surface area contributed by atoms with Gasteiger partial charge in [0.2, 0.25) is 0 Å². The lowest BCUT2D eigenvalue weighted by atomic mass is 10.2. The molecular formula is C15H16Br3NO. The highest BCUT2D eigenvalue weighted by atomic mass is 79.9. The molecule has 0 saturated carbocycles. The highest BCUT2D eigenvalue weighted by molar-refractivity contribution is 9.11. The first kappa shape index (κ1) is 16.3. The first-order valence-electron chi connectivity index (χ1n) is 6.48. The molecule has 1 heterocycles. The maximum atomic E-state index is 5.97. The fourth-order valence-electron chi connectivity index (χ4n) is 2.12. The Bertz CT molecular complexity index is 572. The minimum Gasteiger partial charge on any atom is -0.461 e. The number of benzene rings is 1. The summed E-state index contributed by atoms with van der Waals surface area (Å²) in [6, 6.07) is 8.51. The van der Waals surface area contributed by atoms with Crippen LogP contribution in [-0.2, 0) is 6.42 Å². The standard InChI is InChI=1S/C15H16Br3NO/c1-3-19-9(2)6-11-4-5-14(20-11)15-12(17)7-10(16)8-13(15)18/h4-5,7-9,19H,3,6H2,1-2H3. The van der Waals surface area contributed by atoms with Crippen LogP contribution in [0.4, 0.5) is 0 Å². The normalized spacial score (nSPS) is 12.7. The van der Waals surface area contributed by atoms with Gasteiger partial charge < -0.3 is 9.73 Å². The number of likely N-dealkylation sites (N-methyl/N-ethyl adjacent to an activating group) is 1. The minimum absolute atomic E-state index is 0.413. The van der Waals surface area contributed by atoms with Gasteiger partial charge in [0, 0.05) is 31.4 Å². The molecule has 0 radical (unpaired) electrons. The molecule has 1 N–H and O–H groups in total. The van der Waals surface area contributed by atoms with E-state index in [1.54, 1.807) is 0 Å². The van der Waals surface area contributed by atoms with E-state index in [9.17, 15) is 0 Å². The SMILES string of the molecule is CCNC(C)Cc1ccc(-c2c(Br)cc(Br)cc2Br)o1. The van der Waals surface area contributed by atoms with E-state index in [2.05, 4.69) is 67.0 Å². The van der Waals surface area contributed by atoms with Crippen molar-refractivity contribution >= 4 is 47.8 Å². The average Bonchev–Trinajstić information content (AvgIpc) is 2.76. The van der Waals surface area contributed by atoms with Gasteiger partial charge in [-0.15, -0.1) is 0 Å². The molecule has 0 aliphatic carbocycles. The van der Waals surface area contributed by atoms with E-state index in [-0.39, 0.29) is 0 Å². The van der Waals surface area contributed by atoms with Crippen LogP contribution in [0.2, 0.25) is 0 Å². The third kappa shape index (κ3) is 3.97. The predicted molar refractivity (Wildman–Crippen MR) is 94.1 cm³/mol. The van der Waals surface area contributed by atoms with E-state index in [0.717, 1.165) is 43.5 Å². The fraction of sp³-hybridized carbons (Fsp3) is 0.333. The Morgan fingerprint density at radius 3 is 2.40 bits per heavy atom. The summed E-state index contributed by atoms with van der Waals surface area (Å²) in [5.74, 6) is 1.87. The van der Waals surface area contributed by atoms with Crippen LogP contribution in [0.15, 0.2) is 42.1 Å². The lowest BCUT2D eigenvalue weighted by Gasteiger charge is -2.10. The van der Waals surface area contributed by atoms with Gasteiger partial charge in [-0.05, 0) is 69.6 Å². The van der Waals surface area contributed by atoms with Crippen molar-refractivity contribution in [1.82, 2.24) is 5.32 Å². The monoisotopic (exact) mass is 463 g/mol. The van der Waals surface area contributed by atoms with Gasteiger partial charge in [-0.2, -0.15) is 0 Å². The van der Waals surface area contributed by atoms with Crippen LogP contribution in [0, 0.1) is 0 Å². The summed E-state index contributed by atoms with van der Waals surface area (Å²) < 4.78 is 8.99. The molecule has 1 aromatic carbocycles. The molecule has 20 heavy (non-hydrogen) atoms. The van der Waals surface area contributed by atoms with Gasteiger partial charge in [-0.3, -0.25) is 0 Å². The summed E-state index contributed by atoms with van der Waals surface area (Å²) in [5.41, 5.74) is 1.04. The highest BCUT2D eigenvalue weighted by Crippen LogP contribution is 2.38. The smallest absolute Gasteiger partial charge is 0.136 e. The van der Waals surface area contributed by atoms with Gasteiger partial charge >= 0.3 is 0 Å². The molecule has 1 unspecified atom stereocenters. The van der Waals surface area contributed by atoms with Crippen LogP contribution in [0.1, 0.15) is 19.6 Å². The Kier molecular flexibility index (Phi) is 5.90. The van der Waals surface area contributed by atoms with E-state index in [1.165, 1.54) is 0 Å². The van der Waals surface area contributed by atoms with Crippen molar-refractivity contribution in [2.24, 2.45) is 0 Å². The highest BCUT2D eigenvalue weighted by Gasteiger charge is 2.14. The third-order valence-electron chi connectivity index (χ3n) is 2.97. The zero-order valence-corrected chi connectivity index (χ0v) is 16.1. The molecule has 0 spiro atoms. The van der Waals surface area contributed by atoms with Gasteiger partial charge in [0.25, 0.3) is 0 Å². The van der Waals surface area contributed by atoms with Gasteiger partial charge in [0.15, 0.2) is 0 Å². The van der Waals surface area contributed by atoms with Crippen molar-refractivity contribution in [2.75, 3.05) is 6.54 Å². The predicted octanol–water partition coefficient (Wildman–Crippen LogP) is 5.77. The first-order chi connectivity index (χ1) is 9.51. The summed E-state index contributed by atoms with van der Waals surface area (Å²) in [4.78, 5) is 0. The molecule has 5 heteroatoms. The summed E-state index contributed by atoms with van der Waals surface area (Å²) in [5, 5.41) is 3.39. The molecule has 0 fully saturated rings. The summed E-state index contributed by atoms with van der Waals surface area (Å²) >= 11 is 10.7. The largest absolute Gasteiger partial charge is 0.461 e. The lowest BCUT2D eigenvalue weighted by Crippen LogP contribution is -2.27. The van der Waals surface area contributed by atoms with Crippen molar-refractivity contribution in [1.29, 1.82) is 0 Å². The topological polar surface area (TPSA) is 25.2 Å². The van der Waals surface area contributed by atoms with E-state index < -0.39 is 0 Å². The summed E-state index contributed by atoms with van der Waals surface area (Å²) in [6.07, 6.45) is 0.888. The summed E-state index contributed by atoms with van der Waals surface area (Å²) in [7, 11) is 0. The van der Waals surface area contributed by atoms with Crippen molar-refractivity contribution < 1.29 is 4.42 Å². The molecule has 1 aromatic heterocycles. The van der Waals surface area contributed by atoms with E-state index in [1.807, 2.05) is 24.3 Å². The molecule has 2 aromatic rings. The van der Waals surface area contributed by atoms with Crippen molar-refractivity contribution in [3.05, 3.63) is 43.4 Å². The van der Waals surface area contributed by atoms with Crippen molar-refractivity contribution in [3.8, 4) is 11.3 Å².